The summed E-state index contributed by atoms with van der Waals surface area (Å²) in [6.07, 6.45) is 0. The molecular weight excluding hydrogens is 328 g/mol. The highest BCUT2D eigenvalue weighted by Gasteiger charge is 2.16. The lowest BCUT2D eigenvalue weighted by molar-refractivity contribution is 1.47. The summed E-state index contributed by atoms with van der Waals surface area (Å²) >= 11 is 0. The molecule has 0 heterocycles. The van der Waals surface area contributed by atoms with Crippen molar-refractivity contribution in [1.82, 2.24) is 0 Å². The highest BCUT2D eigenvalue weighted by Crippen LogP contribution is 2.43. The van der Waals surface area contributed by atoms with Crippen LogP contribution in [-0.2, 0) is 0 Å². The van der Waals surface area contributed by atoms with Crippen LogP contribution in [0.4, 0.5) is 11.4 Å². The van der Waals surface area contributed by atoms with Gasteiger partial charge in [0.15, 0.2) is 0 Å². The largest absolute Gasteiger partial charge is 0.399 e. The molecule has 0 spiro atoms. The highest BCUT2D eigenvalue weighted by molar-refractivity contribution is 5.99. The van der Waals surface area contributed by atoms with Crippen molar-refractivity contribution in [3.63, 3.8) is 0 Å². The van der Waals surface area contributed by atoms with Crippen molar-refractivity contribution in [2.75, 3.05) is 11.5 Å². The molecule has 0 fully saturated rings. The second-order valence-electron chi connectivity index (χ2n) is 6.81. The molecule has 4 aromatic carbocycles. The Bertz CT molecular complexity index is 1060. The quantitative estimate of drug-likeness (QED) is 0.435. The first kappa shape index (κ1) is 16.9. The van der Waals surface area contributed by atoms with Crippen molar-refractivity contribution in [3.05, 3.63) is 96.6 Å². The number of nitrogen functional groups attached to an aromatic ring is 2. The first-order valence-corrected chi connectivity index (χ1v) is 9.04. The summed E-state index contributed by atoms with van der Waals surface area (Å²) in [6, 6.07) is 31.0. The van der Waals surface area contributed by atoms with Gasteiger partial charge in [-0.25, -0.2) is 0 Å². The Morgan fingerprint density at radius 3 is 1.78 bits per heavy atom. The van der Waals surface area contributed by atoms with Crippen molar-refractivity contribution in [1.29, 1.82) is 0 Å². The van der Waals surface area contributed by atoms with Gasteiger partial charge in [0.2, 0.25) is 0 Å². The summed E-state index contributed by atoms with van der Waals surface area (Å²) < 4.78 is 0. The Hall–Kier alpha value is -3.52. The number of hydrogen-bond acceptors (Lipinski definition) is 2. The van der Waals surface area contributed by atoms with E-state index >= 15 is 0 Å². The molecule has 132 valence electrons. The van der Waals surface area contributed by atoms with Gasteiger partial charge >= 0.3 is 0 Å². The molecule has 27 heavy (non-hydrogen) atoms. The third-order valence-electron chi connectivity index (χ3n) is 4.86. The molecule has 0 aliphatic rings. The third kappa shape index (κ3) is 3.30. The fourth-order valence-corrected chi connectivity index (χ4v) is 3.46. The number of benzene rings is 4. The Kier molecular flexibility index (Phi) is 4.39. The van der Waals surface area contributed by atoms with Gasteiger partial charge in [-0.3, -0.25) is 0 Å². The SMILES string of the molecule is Cc1ccc(-c2c(N)ccc(-c3ccc(N)cc3)c2-c2ccccc2)cc1. The normalized spacial score (nSPS) is 10.7. The van der Waals surface area contributed by atoms with Crippen LogP contribution in [0, 0.1) is 6.92 Å². The summed E-state index contributed by atoms with van der Waals surface area (Å²) in [6.45, 7) is 2.09. The van der Waals surface area contributed by atoms with Gasteiger partial charge in [0.1, 0.15) is 0 Å². The van der Waals surface area contributed by atoms with E-state index in [0.717, 1.165) is 44.8 Å². The summed E-state index contributed by atoms with van der Waals surface area (Å²) in [5, 5.41) is 0. The lowest BCUT2D eigenvalue weighted by atomic mass is 9.86. The molecule has 4 rings (SSSR count). The number of nitrogens with two attached hydrogens (primary N) is 2. The lowest BCUT2D eigenvalue weighted by Gasteiger charge is -2.18. The van der Waals surface area contributed by atoms with E-state index in [0.29, 0.717) is 0 Å². The zero-order chi connectivity index (χ0) is 18.8. The number of anilines is 2. The van der Waals surface area contributed by atoms with Gasteiger partial charge in [0.25, 0.3) is 0 Å². The Morgan fingerprint density at radius 2 is 1.11 bits per heavy atom. The van der Waals surface area contributed by atoms with Crippen LogP contribution in [0.1, 0.15) is 5.56 Å². The zero-order valence-corrected chi connectivity index (χ0v) is 15.3. The zero-order valence-electron chi connectivity index (χ0n) is 15.3. The van der Waals surface area contributed by atoms with Gasteiger partial charge in [0, 0.05) is 16.9 Å². The van der Waals surface area contributed by atoms with E-state index in [4.69, 9.17) is 11.5 Å². The summed E-state index contributed by atoms with van der Waals surface area (Å²) in [7, 11) is 0. The van der Waals surface area contributed by atoms with Crippen molar-refractivity contribution < 1.29 is 0 Å². The van der Waals surface area contributed by atoms with Crippen LogP contribution in [-0.4, -0.2) is 0 Å². The molecule has 2 heteroatoms. The van der Waals surface area contributed by atoms with Crippen LogP contribution >= 0.6 is 0 Å². The number of hydrogen-bond donors (Lipinski definition) is 2. The predicted molar refractivity (Wildman–Crippen MR) is 116 cm³/mol. The minimum Gasteiger partial charge on any atom is -0.399 e. The molecular formula is C25H22N2. The van der Waals surface area contributed by atoms with Crippen LogP contribution in [0.15, 0.2) is 91.0 Å². The molecule has 0 radical (unpaired) electrons. The van der Waals surface area contributed by atoms with Crippen LogP contribution < -0.4 is 11.5 Å². The molecule has 0 aliphatic carbocycles. The Balaban J connectivity index is 2.04. The minimum absolute atomic E-state index is 0.759. The minimum atomic E-state index is 0.759. The number of aryl methyl sites for hydroxylation is 1. The average molecular weight is 350 g/mol. The summed E-state index contributed by atoms with van der Waals surface area (Å²) in [4.78, 5) is 0. The van der Waals surface area contributed by atoms with Gasteiger partial charge in [-0.15, -0.1) is 0 Å². The van der Waals surface area contributed by atoms with E-state index in [-0.39, 0.29) is 0 Å². The predicted octanol–water partition coefficient (Wildman–Crippen LogP) is 6.16. The van der Waals surface area contributed by atoms with Gasteiger partial charge in [0.05, 0.1) is 0 Å². The van der Waals surface area contributed by atoms with Crippen molar-refractivity contribution in [2.24, 2.45) is 0 Å². The third-order valence-corrected chi connectivity index (χ3v) is 4.86. The molecule has 2 nitrogen and oxygen atoms in total. The van der Waals surface area contributed by atoms with E-state index in [2.05, 4.69) is 73.7 Å². The van der Waals surface area contributed by atoms with Crippen molar-refractivity contribution in [2.45, 2.75) is 6.92 Å². The van der Waals surface area contributed by atoms with Gasteiger partial charge < -0.3 is 11.5 Å². The molecule has 0 aromatic heterocycles. The molecule has 0 saturated carbocycles. The molecule has 0 aliphatic heterocycles. The van der Waals surface area contributed by atoms with Gasteiger partial charge in [-0.05, 0) is 52.9 Å². The second-order valence-corrected chi connectivity index (χ2v) is 6.81. The monoisotopic (exact) mass is 350 g/mol. The maximum atomic E-state index is 6.48. The van der Waals surface area contributed by atoms with Gasteiger partial charge in [-0.2, -0.15) is 0 Å². The lowest BCUT2D eigenvalue weighted by Crippen LogP contribution is -1.97. The van der Waals surface area contributed by atoms with E-state index in [1.54, 1.807) is 0 Å². The average Bonchev–Trinajstić information content (AvgIpc) is 2.70. The second kappa shape index (κ2) is 7.00. The maximum absolute atomic E-state index is 6.48. The van der Waals surface area contributed by atoms with E-state index in [1.807, 2.05) is 24.3 Å². The first-order valence-electron chi connectivity index (χ1n) is 9.04. The molecule has 4 N–H and O–H groups in total. The van der Waals surface area contributed by atoms with Crippen LogP contribution in [0.3, 0.4) is 0 Å². The first-order chi connectivity index (χ1) is 13.1. The highest BCUT2D eigenvalue weighted by atomic mass is 14.6. The number of rotatable bonds is 3. The molecule has 0 amide bonds. The Labute approximate surface area is 160 Å². The summed E-state index contributed by atoms with van der Waals surface area (Å²) in [5.41, 5.74) is 21.9. The standard InChI is InChI=1S/C25H22N2/c1-17-7-9-20(10-8-17)25-23(27)16-15-22(18-11-13-21(26)14-12-18)24(25)19-5-3-2-4-6-19/h2-16H,26-27H2,1H3. The van der Waals surface area contributed by atoms with Crippen LogP contribution in [0.25, 0.3) is 33.4 Å². The van der Waals surface area contributed by atoms with E-state index in [1.165, 1.54) is 5.56 Å². The fraction of sp³-hybridized carbons (Fsp3) is 0.0400. The smallest absolute Gasteiger partial charge is 0.0400 e. The molecule has 4 aromatic rings. The Morgan fingerprint density at radius 1 is 0.519 bits per heavy atom. The maximum Gasteiger partial charge on any atom is 0.0400 e. The molecule has 0 bridgehead atoms. The fourth-order valence-electron chi connectivity index (χ4n) is 3.46. The van der Waals surface area contributed by atoms with E-state index in [9.17, 15) is 0 Å². The van der Waals surface area contributed by atoms with Crippen molar-refractivity contribution >= 4 is 11.4 Å². The van der Waals surface area contributed by atoms with Crippen LogP contribution in [0.5, 0.6) is 0 Å². The van der Waals surface area contributed by atoms with E-state index < -0.39 is 0 Å². The van der Waals surface area contributed by atoms with Gasteiger partial charge in [-0.1, -0.05) is 78.4 Å². The topological polar surface area (TPSA) is 52.0 Å². The molecule has 0 unspecified atom stereocenters. The van der Waals surface area contributed by atoms with Crippen molar-refractivity contribution in [3.8, 4) is 33.4 Å². The van der Waals surface area contributed by atoms with Crippen LogP contribution in [0.2, 0.25) is 0 Å². The summed E-state index contributed by atoms with van der Waals surface area (Å²) in [5.74, 6) is 0. The molecule has 0 saturated heterocycles. The molecule has 0 atom stereocenters.